The Balaban J connectivity index is 1.55. The van der Waals surface area contributed by atoms with Gasteiger partial charge in [-0.1, -0.05) is 79.0 Å². The zero-order valence-corrected chi connectivity index (χ0v) is 37.8. The minimum atomic E-state index is -1.54. The number of H-pyrrole nitrogens is 1. The minimum absolute atomic E-state index is 0.0669. The summed E-state index contributed by atoms with van der Waals surface area (Å²) < 4.78 is 0. The third kappa shape index (κ3) is 11.6. The summed E-state index contributed by atoms with van der Waals surface area (Å²) in [5, 5.41) is 17.4. The van der Waals surface area contributed by atoms with Crippen molar-refractivity contribution in [3.05, 3.63) is 36.0 Å². The molecular weight excluding hydrogens is 825 g/mol. The van der Waals surface area contributed by atoms with Crippen LogP contribution in [-0.4, -0.2) is 130 Å². The molecule has 10 atom stereocenters. The third-order valence-electron chi connectivity index (χ3n) is 13.3. The van der Waals surface area contributed by atoms with E-state index in [-0.39, 0.29) is 31.8 Å². The van der Waals surface area contributed by atoms with Gasteiger partial charge < -0.3 is 52.4 Å². The number of fused-ring (bicyclic) bond motifs is 3. The van der Waals surface area contributed by atoms with Crippen LogP contribution in [0.5, 0.6) is 0 Å². The fourth-order valence-corrected chi connectivity index (χ4v) is 8.73. The minimum Gasteiger partial charge on any atom is -0.370 e. The molecule has 1 aromatic carbocycles. The van der Waals surface area contributed by atoms with Gasteiger partial charge in [0.2, 0.25) is 53.2 Å². The molecule has 3 fully saturated rings. The molecule has 3 aliphatic heterocycles. The summed E-state index contributed by atoms with van der Waals surface area (Å²) in [5.74, 6) is -7.42. The summed E-state index contributed by atoms with van der Waals surface area (Å²) in [6, 6.07) is -0.936. The highest BCUT2D eigenvalue weighted by molar-refractivity contribution is 6.00. The van der Waals surface area contributed by atoms with Crippen molar-refractivity contribution in [2.75, 3.05) is 19.6 Å². The average Bonchev–Trinajstić information content (AvgIpc) is 4.07. The van der Waals surface area contributed by atoms with Gasteiger partial charge in [0.25, 0.3) is 0 Å². The van der Waals surface area contributed by atoms with Crippen LogP contribution in [-0.2, 0) is 49.6 Å². The lowest BCUT2D eigenvalue weighted by Gasteiger charge is -2.33. The molecule has 5 rings (SSSR count). The number of rotatable bonds is 10. The molecule has 0 saturated carbocycles. The van der Waals surface area contributed by atoms with E-state index >= 15 is 0 Å². The molecule has 19 nitrogen and oxygen atoms in total. The summed E-state index contributed by atoms with van der Waals surface area (Å²) in [6.45, 7) is 10.7. The number of nitrogens with one attached hydrogen (secondary N) is 7. The second-order valence-electron chi connectivity index (χ2n) is 17.6. The average molecular weight is 891 g/mol. The maximum atomic E-state index is 14.5. The Morgan fingerprint density at radius 1 is 0.656 bits per heavy atom. The molecule has 1 aromatic heterocycles. The van der Waals surface area contributed by atoms with E-state index in [1.165, 1.54) is 9.80 Å². The van der Waals surface area contributed by atoms with Crippen molar-refractivity contribution in [2.24, 2.45) is 23.5 Å². The van der Waals surface area contributed by atoms with E-state index in [1.807, 2.05) is 45.0 Å². The van der Waals surface area contributed by atoms with Crippen molar-refractivity contribution < 1.29 is 43.2 Å². The summed E-state index contributed by atoms with van der Waals surface area (Å²) in [4.78, 5) is 131. The van der Waals surface area contributed by atoms with Crippen molar-refractivity contribution in [1.29, 1.82) is 0 Å². The molecule has 2 aromatic rings. The molecule has 0 spiro atoms. The first-order valence-corrected chi connectivity index (χ1v) is 22.7. The Morgan fingerprint density at radius 3 is 1.73 bits per heavy atom. The second kappa shape index (κ2) is 22.1. The molecule has 3 aliphatic rings. The molecule has 64 heavy (non-hydrogen) atoms. The third-order valence-corrected chi connectivity index (χ3v) is 13.3. The first kappa shape index (κ1) is 49.0. The number of amides is 9. The van der Waals surface area contributed by atoms with Crippen molar-refractivity contribution >= 4 is 64.1 Å². The van der Waals surface area contributed by atoms with Crippen LogP contribution in [0.2, 0.25) is 0 Å². The number of hydrogen-bond acceptors (Lipinski definition) is 9. The molecule has 0 aliphatic carbocycles. The van der Waals surface area contributed by atoms with Crippen molar-refractivity contribution in [1.82, 2.24) is 46.7 Å². The van der Waals surface area contributed by atoms with Crippen molar-refractivity contribution in [3.63, 3.8) is 0 Å². The first-order valence-electron chi connectivity index (χ1n) is 22.7. The van der Waals surface area contributed by atoms with Crippen LogP contribution in [0.3, 0.4) is 0 Å². The summed E-state index contributed by atoms with van der Waals surface area (Å²) in [5.41, 5.74) is 7.07. The van der Waals surface area contributed by atoms with E-state index in [0.29, 0.717) is 44.1 Å². The number of para-hydroxylation sites is 1. The van der Waals surface area contributed by atoms with Crippen molar-refractivity contribution in [2.45, 2.75) is 142 Å². The van der Waals surface area contributed by atoms with Crippen LogP contribution in [0.25, 0.3) is 10.9 Å². The number of hydrogen-bond donors (Lipinski definition) is 8. The Morgan fingerprint density at radius 2 is 1.16 bits per heavy atom. The van der Waals surface area contributed by atoms with Gasteiger partial charge in [-0.3, -0.25) is 43.2 Å². The summed E-state index contributed by atoms with van der Waals surface area (Å²) in [6.07, 6.45) is 3.81. The van der Waals surface area contributed by atoms with E-state index in [9.17, 15) is 43.2 Å². The van der Waals surface area contributed by atoms with Gasteiger partial charge in [-0.05, 0) is 55.1 Å². The number of benzene rings is 1. The number of primary amides is 1. The van der Waals surface area contributed by atoms with E-state index in [0.717, 1.165) is 10.9 Å². The number of nitrogens with zero attached hydrogens (tertiary/aromatic N) is 2. The van der Waals surface area contributed by atoms with E-state index in [2.05, 4.69) is 36.9 Å². The molecule has 0 bridgehead atoms. The van der Waals surface area contributed by atoms with Crippen LogP contribution >= 0.6 is 0 Å². The van der Waals surface area contributed by atoms with Gasteiger partial charge in [-0.2, -0.15) is 0 Å². The van der Waals surface area contributed by atoms with Crippen LogP contribution in [0.15, 0.2) is 30.5 Å². The number of carbonyl (C=O) groups is 9. The number of aromatic nitrogens is 1. The highest BCUT2D eigenvalue weighted by atomic mass is 16.2. The molecule has 10 unspecified atom stereocenters. The number of carbonyl (C=O) groups excluding carboxylic acids is 9. The van der Waals surface area contributed by atoms with Crippen molar-refractivity contribution in [3.8, 4) is 0 Å². The fraction of sp³-hybridized carbons (Fsp3) is 0.622. The quantitative estimate of drug-likeness (QED) is 0.162. The topological polar surface area (TPSA) is 274 Å². The number of aromatic amines is 1. The van der Waals surface area contributed by atoms with Crippen LogP contribution in [0.1, 0.15) is 98.5 Å². The smallest absolute Gasteiger partial charge is 0.246 e. The maximum Gasteiger partial charge on any atom is 0.246 e. The molecule has 19 heteroatoms. The van der Waals surface area contributed by atoms with Crippen LogP contribution in [0.4, 0.5) is 0 Å². The molecule has 4 heterocycles. The lowest BCUT2D eigenvalue weighted by molar-refractivity contribution is -0.144. The van der Waals surface area contributed by atoms with Crippen LogP contribution < -0.4 is 37.6 Å². The van der Waals surface area contributed by atoms with E-state index in [4.69, 9.17) is 5.73 Å². The standard InChI is InChI=1S/C45H66N10O9/c1-7-24(4)36-42(61)48-23-35(57)54-18-12-16-32(54)40(59)51-37(25(5)8-2)43(62)49-30(20-27-22-47-29-15-11-10-14-28(27)29)39(58)50-31(21-34(46)56)45(64)55-19-13-17-33(55)41(60)52-38(26(6)9-3)44(63)53-36/h10-11,14-15,22,24-26,30-33,36-38,47H,7-9,12-13,16-21,23H2,1-6H3,(H2,46,56)(H,48,61)(H,49,62)(H,50,58)(H,51,59)(H,52,60)(H,53,63). The second-order valence-corrected chi connectivity index (χ2v) is 17.6. The fourth-order valence-electron chi connectivity index (χ4n) is 8.73. The van der Waals surface area contributed by atoms with Crippen LogP contribution in [0, 0.1) is 17.8 Å². The highest BCUT2D eigenvalue weighted by Crippen LogP contribution is 2.24. The Labute approximate surface area is 373 Å². The zero-order valence-electron chi connectivity index (χ0n) is 37.8. The Bertz CT molecular complexity index is 2070. The molecule has 9 amide bonds. The van der Waals surface area contributed by atoms with Gasteiger partial charge >= 0.3 is 0 Å². The van der Waals surface area contributed by atoms with Gasteiger partial charge in [-0.25, -0.2) is 0 Å². The molecule has 9 N–H and O–H groups in total. The lowest BCUT2D eigenvalue weighted by Crippen LogP contribution is -2.62. The van der Waals surface area contributed by atoms with Gasteiger partial charge in [0.1, 0.15) is 42.3 Å². The number of nitrogens with two attached hydrogens (primary N) is 1. The predicted molar refractivity (Wildman–Crippen MR) is 236 cm³/mol. The zero-order chi connectivity index (χ0) is 46.8. The first-order chi connectivity index (χ1) is 30.5. The summed E-state index contributed by atoms with van der Waals surface area (Å²) in [7, 11) is 0. The largest absolute Gasteiger partial charge is 0.370 e. The SMILES string of the molecule is CCC(C)C1NC(=O)C(C(C)CC)NC(=O)C2CCCN2C(=O)C(CC(N)=O)NC(=O)C(Cc2c[nH]c3ccccc23)NC(=O)C(C(C)CC)NC(=O)C2CCCN2C(=O)CNC1=O. The van der Waals surface area contributed by atoms with E-state index in [1.54, 1.807) is 27.0 Å². The maximum absolute atomic E-state index is 14.5. The molecule has 3 saturated heterocycles. The molecule has 0 radical (unpaired) electrons. The van der Waals surface area contributed by atoms with E-state index < -0.39 is 120 Å². The van der Waals surface area contributed by atoms with Gasteiger partial charge in [-0.15, -0.1) is 0 Å². The van der Waals surface area contributed by atoms with Gasteiger partial charge in [0.15, 0.2) is 0 Å². The Kier molecular flexibility index (Phi) is 16.9. The molecule has 350 valence electrons. The Hall–Kier alpha value is -6.01. The van der Waals surface area contributed by atoms with Gasteiger partial charge in [0, 0.05) is 36.6 Å². The highest BCUT2D eigenvalue weighted by Gasteiger charge is 2.43. The summed E-state index contributed by atoms with van der Waals surface area (Å²) >= 11 is 0. The van der Waals surface area contributed by atoms with Gasteiger partial charge in [0.05, 0.1) is 13.0 Å². The normalized spacial score (nSPS) is 27.5. The monoisotopic (exact) mass is 891 g/mol. The lowest BCUT2D eigenvalue weighted by atomic mass is 9.94. The predicted octanol–water partition coefficient (Wildman–Crippen LogP) is 0.260. The molecular formula is C45H66N10O9.